The Labute approximate surface area is 308 Å². The van der Waals surface area contributed by atoms with E-state index in [1.165, 1.54) is 128 Å². The van der Waals surface area contributed by atoms with E-state index in [2.05, 4.69) is 38.2 Å². The lowest BCUT2D eigenvalue weighted by Crippen LogP contribution is -2.27. The van der Waals surface area contributed by atoms with Crippen LogP contribution in [0.15, 0.2) is 36.6 Å². The molecule has 0 fully saturated rings. The highest BCUT2D eigenvalue weighted by Gasteiger charge is 2.25. The predicted octanol–water partition coefficient (Wildman–Crippen LogP) is 12.2. The first-order chi connectivity index (χ1) is 24.4. The van der Waals surface area contributed by atoms with E-state index in [-0.39, 0.29) is 32.3 Å². The Hall–Kier alpha value is -1.44. The first-order valence-corrected chi connectivity index (χ1v) is 22.0. The molecule has 0 spiro atoms. The van der Waals surface area contributed by atoms with E-state index < -0.39 is 13.9 Å². The molecule has 1 unspecified atom stereocenters. The second-order valence-corrected chi connectivity index (χ2v) is 15.0. The van der Waals surface area contributed by atoms with Crippen molar-refractivity contribution in [3.63, 3.8) is 0 Å². The number of unbranched alkanes of at least 4 members (excludes halogenated alkanes) is 22. The first kappa shape index (κ1) is 48.6. The fourth-order valence-electron chi connectivity index (χ4n) is 5.54. The van der Waals surface area contributed by atoms with Crippen molar-refractivity contribution >= 4 is 13.8 Å². The molecule has 0 aromatic heterocycles. The lowest BCUT2D eigenvalue weighted by Gasteiger charge is -2.19. The number of hydrogen-bond donors (Lipinski definition) is 2. The number of phosphoric ester groups is 1. The zero-order chi connectivity index (χ0) is 36.6. The van der Waals surface area contributed by atoms with Crippen molar-refractivity contribution in [2.45, 2.75) is 193 Å². The van der Waals surface area contributed by atoms with Crippen molar-refractivity contribution in [2.75, 3.05) is 26.4 Å². The van der Waals surface area contributed by atoms with Crippen LogP contribution in [0.5, 0.6) is 0 Å². The minimum absolute atomic E-state index is 0.0260. The van der Waals surface area contributed by atoms with Crippen molar-refractivity contribution in [2.24, 2.45) is 5.73 Å². The molecule has 50 heavy (non-hydrogen) atoms. The molecule has 0 saturated heterocycles. The monoisotopic (exact) mass is 728 g/mol. The van der Waals surface area contributed by atoms with Crippen molar-refractivity contribution in [3.8, 4) is 0 Å². The summed E-state index contributed by atoms with van der Waals surface area (Å²) < 4.78 is 33.1. The molecule has 0 aliphatic heterocycles. The van der Waals surface area contributed by atoms with E-state index >= 15 is 0 Å². The average molecular weight is 728 g/mol. The molecule has 3 N–H and O–H groups in total. The molecule has 9 heteroatoms. The Morgan fingerprint density at radius 1 is 0.600 bits per heavy atom. The van der Waals surface area contributed by atoms with Gasteiger partial charge in [-0.1, -0.05) is 134 Å². The highest BCUT2D eigenvalue weighted by Crippen LogP contribution is 2.43. The van der Waals surface area contributed by atoms with Gasteiger partial charge in [0.25, 0.3) is 0 Å². The summed E-state index contributed by atoms with van der Waals surface area (Å²) >= 11 is 0. The minimum atomic E-state index is -4.29. The molecular weight excluding hydrogens is 649 g/mol. The van der Waals surface area contributed by atoms with Gasteiger partial charge in [0.2, 0.25) is 0 Å². The van der Waals surface area contributed by atoms with E-state index in [0.717, 1.165) is 38.5 Å². The molecule has 0 radical (unpaired) electrons. The molecule has 8 nitrogen and oxygen atoms in total. The second kappa shape index (κ2) is 38.8. The van der Waals surface area contributed by atoms with Gasteiger partial charge in [-0.3, -0.25) is 13.8 Å². The largest absolute Gasteiger partial charge is 0.498 e. The molecule has 2 atom stereocenters. The van der Waals surface area contributed by atoms with Gasteiger partial charge in [0, 0.05) is 13.0 Å². The molecule has 0 aromatic carbocycles. The maximum absolute atomic E-state index is 12.5. The second-order valence-electron chi connectivity index (χ2n) is 13.6. The summed E-state index contributed by atoms with van der Waals surface area (Å²) in [6.07, 6.45) is 43.9. The highest BCUT2D eigenvalue weighted by atomic mass is 31.2. The average Bonchev–Trinajstić information content (AvgIpc) is 3.10. The van der Waals surface area contributed by atoms with Crippen LogP contribution in [0.2, 0.25) is 0 Å². The van der Waals surface area contributed by atoms with Gasteiger partial charge in [0.15, 0.2) is 6.10 Å². The molecule has 294 valence electrons. The van der Waals surface area contributed by atoms with Crippen molar-refractivity contribution < 1.29 is 32.8 Å². The summed E-state index contributed by atoms with van der Waals surface area (Å²) in [5.74, 6) is -0.361. The normalized spacial score (nSPS) is 13.8. The van der Waals surface area contributed by atoms with Gasteiger partial charge >= 0.3 is 13.8 Å². The molecule has 0 bridgehead atoms. The van der Waals surface area contributed by atoms with Crippen LogP contribution in [-0.4, -0.2) is 43.3 Å². The summed E-state index contributed by atoms with van der Waals surface area (Å²) in [4.78, 5) is 22.4. The minimum Gasteiger partial charge on any atom is -0.498 e. The molecule has 0 saturated carbocycles. The summed E-state index contributed by atoms with van der Waals surface area (Å²) in [7, 11) is -4.29. The topological polar surface area (TPSA) is 117 Å². The molecular formula is C41H78NO7P. The Balaban J connectivity index is 4.13. The van der Waals surface area contributed by atoms with Gasteiger partial charge in [-0.15, -0.1) is 0 Å². The van der Waals surface area contributed by atoms with E-state index in [4.69, 9.17) is 24.3 Å². The molecule has 0 rings (SSSR count). The van der Waals surface area contributed by atoms with E-state index in [1.54, 1.807) is 6.26 Å². The third-order valence-corrected chi connectivity index (χ3v) is 9.58. The molecule has 0 amide bonds. The van der Waals surface area contributed by atoms with Crippen molar-refractivity contribution in [1.29, 1.82) is 0 Å². The zero-order valence-corrected chi connectivity index (χ0v) is 33.3. The Bertz CT molecular complexity index is 864. The number of phosphoric acid groups is 1. The molecule has 0 heterocycles. The van der Waals surface area contributed by atoms with E-state index in [1.807, 2.05) is 6.08 Å². The fourth-order valence-corrected chi connectivity index (χ4v) is 6.30. The maximum Gasteiger partial charge on any atom is 0.472 e. The van der Waals surface area contributed by atoms with Crippen molar-refractivity contribution in [1.82, 2.24) is 0 Å². The van der Waals surface area contributed by atoms with E-state index in [9.17, 15) is 14.3 Å². The Morgan fingerprint density at radius 2 is 1.02 bits per heavy atom. The first-order valence-electron chi connectivity index (χ1n) is 20.5. The lowest BCUT2D eigenvalue weighted by molar-refractivity contribution is -0.153. The van der Waals surface area contributed by atoms with Gasteiger partial charge in [-0.25, -0.2) is 4.57 Å². The number of hydrogen-bond acceptors (Lipinski definition) is 7. The maximum atomic E-state index is 12.5. The van der Waals surface area contributed by atoms with Crippen LogP contribution in [0.3, 0.4) is 0 Å². The summed E-state index contributed by atoms with van der Waals surface area (Å²) in [6.45, 7) is 4.21. The van der Waals surface area contributed by atoms with Crippen LogP contribution in [0.4, 0.5) is 0 Å². The number of rotatable bonds is 39. The third-order valence-electron chi connectivity index (χ3n) is 8.59. The van der Waals surface area contributed by atoms with Gasteiger partial charge in [0.1, 0.15) is 6.61 Å². The molecule has 0 aromatic rings. The van der Waals surface area contributed by atoms with Gasteiger partial charge in [-0.05, 0) is 76.7 Å². The number of esters is 1. The quantitative estimate of drug-likeness (QED) is 0.0211. The predicted molar refractivity (Wildman–Crippen MR) is 210 cm³/mol. The van der Waals surface area contributed by atoms with Crippen LogP contribution in [0.1, 0.15) is 187 Å². The number of nitrogens with two attached hydrogens (primary N) is 1. The Morgan fingerprint density at radius 3 is 1.50 bits per heavy atom. The number of allylic oxidation sites excluding steroid dienone is 5. The van der Waals surface area contributed by atoms with Gasteiger partial charge < -0.3 is 20.1 Å². The number of carbonyl (C=O) groups excluding carboxylic acids is 1. The van der Waals surface area contributed by atoms with Gasteiger partial charge in [0.05, 0.1) is 19.5 Å². The Kier molecular flexibility index (Phi) is 37.7. The summed E-state index contributed by atoms with van der Waals surface area (Å²) in [6, 6.07) is 0. The fraction of sp³-hybridized carbons (Fsp3) is 0.829. The van der Waals surface area contributed by atoms with Crippen LogP contribution in [0.25, 0.3) is 0 Å². The van der Waals surface area contributed by atoms with Crippen molar-refractivity contribution in [3.05, 3.63) is 36.6 Å². The molecule has 0 aliphatic rings. The standard InChI is InChI=1S/C41H78NO7P/c1-3-5-7-9-11-13-15-17-19-21-23-25-27-29-31-33-36-46-38-40(39-48-50(44,45)47-37-35-42)49-41(43)34-32-30-28-26-24-22-20-18-16-14-12-10-8-6-4-2/h14,16-17,19,33,36,40H,3-13,15,18,20-32,34-35,37-39,42H2,1-2H3,(H,44,45)/t40-/m1/s1. The highest BCUT2D eigenvalue weighted by molar-refractivity contribution is 7.47. The summed E-state index contributed by atoms with van der Waals surface area (Å²) in [5.41, 5.74) is 5.35. The van der Waals surface area contributed by atoms with Gasteiger partial charge in [-0.2, -0.15) is 0 Å². The molecule has 0 aliphatic carbocycles. The van der Waals surface area contributed by atoms with Crippen LogP contribution >= 0.6 is 7.82 Å². The van der Waals surface area contributed by atoms with E-state index in [0.29, 0.717) is 6.42 Å². The number of carbonyl (C=O) groups is 1. The van der Waals surface area contributed by atoms with Crippen LogP contribution < -0.4 is 5.73 Å². The van der Waals surface area contributed by atoms with Crippen LogP contribution in [0, 0.1) is 0 Å². The SMILES string of the molecule is CCCCCCC=CCCCCCCCCCC(=O)O[C@H](COC=CCCCCCCC=CCCCCCCCC)COP(=O)(O)OCCN. The third kappa shape index (κ3) is 37.8. The summed E-state index contributed by atoms with van der Waals surface area (Å²) in [5, 5.41) is 0. The lowest BCUT2D eigenvalue weighted by atomic mass is 10.1. The van der Waals surface area contributed by atoms with Crippen LogP contribution in [-0.2, 0) is 27.9 Å². The smallest absolute Gasteiger partial charge is 0.472 e. The number of ether oxygens (including phenoxy) is 2. The zero-order valence-electron chi connectivity index (χ0n) is 32.4.